The number of pyridine rings is 2. The van der Waals surface area contributed by atoms with Crippen LogP contribution in [0, 0.1) is 17.8 Å². The van der Waals surface area contributed by atoms with Crippen molar-refractivity contribution >= 4 is 62.9 Å². The van der Waals surface area contributed by atoms with Gasteiger partial charge in [-0.15, -0.1) is 5.10 Å². The molecule has 490 valence electrons. The number of carbonyl (C=O) groups is 2. The topological polar surface area (TPSA) is 298 Å². The van der Waals surface area contributed by atoms with E-state index in [1.54, 1.807) is 31.0 Å². The van der Waals surface area contributed by atoms with E-state index in [-0.39, 0.29) is 43.0 Å². The number of anilines is 5. The largest absolute Gasteiger partial charge is 0.493 e. The normalized spacial score (nSPS) is 22.1. The summed E-state index contributed by atoms with van der Waals surface area (Å²) in [6, 6.07) is 36.4. The number of nitrogen functional groups attached to an aromatic ring is 1. The van der Waals surface area contributed by atoms with Gasteiger partial charge in [0.1, 0.15) is 33.9 Å². The molecule has 11 aromatic rings. The number of aliphatic hydroxyl groups is 2. The van der Waals surface area contributed by atoms with Gasteiger partial charge >= 0.3 is 5.97 Å². The van der Waals surface area contributed by atoms with E-state index in [0.717, 1.165) is 73.5 Å². The zero-order valence-electron chi connectivity index (χ0n) is 53.2. The molecule has 4 aromatic carbocycles. The second-order valence-corrected chi connectivity index (χ2v) is 25.5. The number of fused-ring (bicyclic) bond motifs is 6. The van der Waals surface area contributed by atoms with Crippen LogP contribution >= 0.6 is 0 Å². The van der Waals surface area contributed by atoms with Gasteiger partial charge in [-0.1, -0.05) is 48.5 Å². The zero-order chi connectivity index (χ0) is 66.1. The van der Waals surface area contributed by atoms with Gasteiger partial charge in [-0.25, -0.2) is 24.5 Å². The van der Waals surface area contributed by atoms with Crippen molar-refractivity contribution in [3.8, 4) is 51.3 Å². The molecule has 3 aliphatic carbocycles. The third kappa shape index (κ3) is 11.2. The summed E-state index contributed by atoms with van der Waals surface area (Å²) < 4.78 is 49.8. The van der Waals surface area contributed by atoms with Gasteiger partial charge < -0.3 is 59.9 Å². The summed E-state index contributed by atoms with van der Waals surface area (Å²) in [6.07, 6.45) is 11.1. The monoisotopic (exact) mass is 1300 g/mol. The van der Waals surface area contributed by atoms with Gasteiger partial charge in [0.2, 0.25) is 30.3 Å². The number of esters is 1. The summed E-state index contributed by atoms with van der Waals surface area (Å²) in [4.78, 5) is 50.6. The van der Waals surface area contributed by atoms with Crippen molar-refractivity contribution in [1.29, 1.82) is 0 Å². The number of nitrogens with zero attached hydrogens (tertiary/aromatic N) is 10. The Morgan fingerprint density at radius 2 is 1.59 bits per heavy atom. The SMILES string of the molecule is CC1(O)CC(c2nc(-c3ccc4ccc(-c5ccccc5)nc4c3)c3c(N)nccn23)C1.COc1cc([C@@H]2c3cc4c(cc3[C@H](O)[C@H]3COC(=O)[C@@H]23)OCO4)cc(OC)c1OC.C[C@@]1(C(=O)Nc2ccc(F)nc2)CCCN1c1nc(Nc2cc(C3CC3)[nH]n2)c2cccn2n1. The van der Waals surface area contributed by atoms with Crippen LogP contribution < -0.4 is 45.0 Å². The highest BCUT2D eigenvalue weighted by molar-refractivity contribution is 6.00. The third-order valence-electron chi connectivity index (χ3n) is 19.2. The lowest BCUT2D eigenvalue weighted by Gasteiger charge is -2.40. The highest BCUT2D eigenvalue weighted by Crippen LogP contribution is 2.56. The molecule has 3 aliphatic heterocycles. The van der Waals surface area contributed by atoms with Crippen LogP contribution in [0.5, 0.6) is 28.7 Å². The summed E-state index contributed by atoms with van der Waals surface area (Å²) in [5.74, 6) is 4.04. The summed E-state index contributed by atoms with van der Waals surface area (Å²) in [5, 5.41) is 40.7. The minimum atomic E-state index is -0.877. The minimum Gasteiger partial charge on any atom is -0.493 e. The third-order valence-corrected chi connectivity index (χ3v) is 19.2. The van der Waals surface area contributed by atoms with E-state index in [2.05, 4.69) is 72.3 Å². The summed E-state index contributed by atoms with van der Waals surface area (Å²) in [6.45, 7) is 4.66. The standard InChI is InChI=1S/C26H23N5O.C23H24FN9O.C22H22O8/c1-26(32)14-19(15-26)25-30-22(23-24(27)28-11-12-31(23)25)18-8-7-17-9-10-20(29-21(17)13-18)16-5-3-2-4-6-16;1-23(21(34)26-15-7-8-18(24)25-13-15)9-3-10-32(23)22-28-20(17-4-2-11-33(17)31-22)27-19-12-16(29-30-19)14-5-6-14;1-25-16-4-10(5-17(26-2)21(16)27-3)18-11-6-14-15(30-9-29-14)7-12(11)20(23)13-8-28-22(24)19(13)18/h2-13,19,32H,14-15H2,1H3,(H2,27,28);2,4,7-8,11-14H,3,5-6,9-10H2,1H3,(H,26,34)(H2,27,28,29,30,31);4-7,13,18-20,23H,8-9H2,1-3H3/t;23-;13-,18+,19+,20-/m.00/s1. The van der Waals surface area contributed by atoms with E-state index in [1.165, 1.54) is 38.3 Å². The van der Waals surface area contributed by atoms with Gasteiger partial charge in [-0.3, -0.25) is 19.1 Å². The van der Waals surface area contributed by atoms with E-state index in [4.69, 9.17) is 49.1 Å². The van der Waals surface area contributed by atoms with Crippen molar-refractivity contribution in [3.63, 3.8) is 0 Å². The molecule has 24 nitrogen and oxygen atoms in total. The molecule has 0 bridgehead atoms. The number of hydrogen-bond acceptors (Lipinski definition) is 20. The Morgan fingerprint density at radius 1 is 0.823 bits per heavy atom. The van der Waals surface area contributed by atoms with Gasteiger partial charge in [-0.2, -0.15) is 14.5 Å². The van der Waals surface area contributed by atoms with E-state index < -0.39 is 29.1 Å². The van der Waals surface area contributed by atoms with Crippen LogP contribution in [0.25, 0.3) is 44.5 Å². The first-order valence-corrected chi connectivity index (χ1v) is 31.8. The molecule has 6 aliphatic rings. The molecule has 0 radical (unpaired) electrons. The van der Waals surface area contributed by atoms with E-state index >= 15 is 0 Å². The fourth-order valence-electron chi connectivity index (χ4n) is 14.1. The number of nitrogens with one attached hydrogen (secondary N) is 3. The molecule has 2 saturated heterocycles. The molecule has 0 spiro atoms. The number of hydrogen-bond donors (Lipinski definition) is 6. The van der Waals surface area contributed by atoms with Gasteiger partial charge in [0, 0.05) is 77.1 Å². The Morgan fingerprint density at radius 3 is 2.32 bits per heavy atom. The number of aromatic nitrogens is 10. The number of halogens is 1. The van der Waals surface area contributed by atoms with Crippen LogP contribution in [0.15, 0.2) is 140 Å². The predicted octanol–water partition coefficient (Wildman–Crippen LogP) is 10.8. The fraction of sp³-hybridized carbons (Fsp3) is 0.310. The molecule has 25 heteroatoms. The highest BCUT2D eigenvalue weighted by atomic mass is 19.1. The lowest BCUT2D eigenvalue weighted by molar-refractivity contribution is -0.141. The molecule has 7 N–H and O–H groups in total. The van der Waals surface area contributed by atoms with Crippen molar-refractivity contribution < 1.29 is 52.6 Å². The number of rotatable bonds is 13. The molecule has 1 amide bonds. The second-order valence-electron chi connectivity index (χ2n) is 25.5. The number of benzene rings is 4. The highest BCUT2D eigenvalue weighted by Gasteiger charge is 2.53. The van der Waals surface area contributed by atoms with Crippen LogP contribution in [-0.2, 0) is 14.3 Å². The quantitative estimate of drug-likeness (QED) is 0.0462. The number of carbonyl (C=O) groups excluding carboxylic acids is 2. The van der Waals surface area contributed by atoms with Crippen LogP contribution in [0.2, 0.25) is 0 Å². The Hall–Kier alpha value is -10.9. The maximum absolute atomic E-state index is 13.3. The Labute approximate surface area is 549 Å². The van der Waals surface area contributed by atoms with Gasteiger partial charge in [0.15, 0.2) is 34.6 Å². The van der Waals surface area contributed by atoms with Crippen LogP contribution in [0.3, 0.4) is 0 Å². The molecule has 5 atom stereocenters. The van der Waals surface area contributed by atoms with Crippen LogP contribution in [0.1, 0.15) is 104 Å². The summed E-state index contributed by atoms with van der Waals surface area (Å²) >= 11 is 0. The van der Waals surface area contributed by atoms with Crippen molar-refractivity contribution in [3.05, 3.63) is 174 Å². The number of methoxy groups -OCH3 is 3. The number of amides is 1. The van der Waals surface area contributed by atoms with E-state index in [9.17, 15) is 24.2 Å². The van der Waals surface area contributed by atoms with Crippen molar-refractivity contribution in [2.24, 2.45) is 11.8 Å². The zero-order valence-corrected chi connectivity index (χ0v) is 53.2. The summed E-state index contributed by atoms with van der Waals surface area (Å²) in [5.41, 5.74) is 14.9. The number of aliphatic hydroxyl groups excluding tert-OH is 1. The predicted molar refractivity (Wildman–Crippen MR) is 354 cm³/mol. The molecular formula is C71H69FN14O10. The summed E-state index contributed by atoms with van der Waals surface area (Å²) in [7, 11) is 4.63. The maximum Gasteiger partial charge on any atom is 0.310 e. The lowest BCUT2D eigenvalue weighted by Crippen LogP contribution is -2.51. The average Bonchev–Trinajstić information content (AvgIpc) is 1.62. The molecule has 10 heterocycles. The Bertz CT molecular complexity index is 4780. The van der Waals surface area contributed by atoms with Gasteiger partial charge in [0.25, 0.3) is 0 Å². The van der Waals surface area contributed by atoms with Crippen molar-refractivity contribution in [2.75, 3.05) is 62.5 Å². The average molecular weight is 1300 g/mol. The van der Waals surface area contributed by atoms with E-state index in [0.29, 0.717) is 95.1 Å². The first kappa shape index (κ1) is 61.3. The molecule has 17 rings (SSSR count). The molecular weight excluding hydrogens is 1230 g/mol. The molecule has 2 saturated carbocycles. The minimum absolute atomic E-state index is 0.123. The number of H-pyrrole nitrogens is 1. The molecule has 7 aromatic heterocycles. The lowest BCUT2D eigenvalue weighted by atomic mass is 9.66. The first-order valence-electron chi connectivity index (χ1n) is 31.8. The smallest absolute Gasteiger partial charge is 0.310 e. The Balaban J connectivity index is 0.000000118. The number of imidazole rings is 1. The first-order chi connectivity index (χ1) is 46.5. The number of aromatic amines is 1. The second kappa shape index (κ2) is 24.4. The van der Waals surface area contributed by atoms with Gasteiger partial charge in [0.05, 0.1) is 68.7 Å². The van der Waals surface area contributed by atoms with Crippen molar-refractivity contribution in [2.45, 2.75) is 87.4 Å². The fourth-order valence-corrected chi connectivity index (χ4v) is 14.1. The molecule has 0 unspecified atom stereocenters. The number of ether oxygens (including phenoxy) is 6. The maximum atomic E-state index is 13.3. The van der Waals surface area contributed by atoms with E-state index in [1.807, 2.05) is 96.2 Å². The molecule has 4 fully saturated rings. The van der Waals surface area contributed by atoms with Crippen LogP contribution in [0.4, 0.5) is 33.5 Å². The number of nitrogens with two attached hydrogens (primary N) is 1. The van der Waals surface area contributed by atoms with Crippen molar-refractivity contribution in [1.82, 2.24) is 49.1 Å². The van der Waals surface area contributed by atoms with Crippen LogP contribution in [-0.4, -0.2) is 124 Å². The Kier molecular flexibility index (Phi) is 15.6. The molecule has 96 heavy (non-hydrogen) atoms. The van der Waals surface area contributed by atoms with Gasteiger partial charge in [-0.05, 0) is 130 Å². The number of cyclic esters (lactones) is 1.